The molecule has 6 heteroatoms. The summed E-state index contributed by atoms with van der Waals surface area (Å²) in [5.74, 6) is -0.111. The van der Waals surface area contributed by atoms with Gasteiger partial charge in [0.25, 0.3) is 5.91 Å². The fourth-order valence-corrected chi connectivity index (χ4v) is 3.47. The standard InChI is InChI=1S/C22H25N3O3/c1-16-5-4-10-25-14-18(24-21(16)25)13-23-22(26)20-7-3-2-6-17(20)15-28-19-8-11-27-12-9-19/h2-7,10,14,19H,8-9,11-13,15H2,1H3,(H,23,26). The molecule has 1 aliphatic rings. The zero-order valence-corrected chi connectivity index (χ0v) is 16.1. The van der Waals surface area contributed by atoms with Crippen LogP contribution in [0, 0.1) is 6.92 Å². The summed E-state index contributed by atoms with van der Waals surface area (Å²) in [7, 11) is 0. The topological polar surface area (TPSA) is 64.9 Å². The molecular weight excluding hydrogens is 354 g/mol. The molecule has 0 saturated carbocycles. The van der Waals surface area contributed by atoms with Gasteiger partial charge in [0.1, 0.15) is 5.65 Å². The van der Waals surface area contributed by atoms with Gasteiger partial charge in [0.2, 0.25) is 0 Å². The van der Waals surface area contributed by atoms with E-state index in [1.54, 1.807) is 0 Å². The Kier molecular flexibility index (Phi) is 5.69. The van der Waals surface area contributed by atoms with Gasteiger partial charge in [-0.1, -0.05) is 24.3 Å². The summed E-state index contributed by atoms with van der Waals surface area (Å²) in [4.78, 5) is 17.4. The number of aromatic nitrogens is 2. The smallest absolute Gasteiger partial charge is 0.251 e. The number of amides is 1. The first kappa shape index (κ1) is 18.7. The highest BCUT2D eigenvalue weighted by molar-refractivity contribution is 5.95. The summed E-state index contributed by atoms with van der Waals surface area (Å²) < 4.78 is 13.3. The quantitative estimate of drug-likeness (QED) is 0.714. The molecule has 0 bridgehead atoms. The van der Waals surface area contributed by atoms with Crippen LogP contribution in [0.5, 0.6) is 0 Å². The molecule has 2 aromatic heterocycles. The first-order chi connectivity index (χ1) is 13.7. The number of benzene rings is 1. The molecule has 1 saturated heterocycles. The molecule has 4 rings (SSSR count). The van der Waals surface area contributed by atoms with Gasteiger partial charge < -0.3 is 19.2 Å². The number of pyridine rings is 1. The third kappa shape index (κ3) is 4.24. The third-order valence-electron chi connectivity index (χ3n) is 5.06. The highest BCUT2D eigenvalue weighted by Gasteiger charge is 2.17. The summed E-state index contributed by atoms with van der Waals surface area (Å²) >= 11 is 0. The average molecular weight is 379 g/mol. The van der Waals surface area contributed by atoms with Crippen LogP contribution in [0.4, 0.5) is 0 Å². The molecule has 0 unspecified atom stereocenters. The second-order valence-corrected chi connectivity index (χ2v) is 7.12. The van der Waals surface area contributed by atoms with Crippen molar-refractivity contribution in [2.75, 3.05) is 13.2 Å². The van der Waals surface area contributed by atoms with Crippen LogP contribution < -0.4 is 5.32 Å². The van der Waals surface area contributed by atoms with Gasteiger partial charge in [-0.3, -0.25) is 4.79 Å². The Morgan fingerprint density at radius 3 is 2.89 bits per heavy atom. The van der Waals surface area contributed by atoms with E-state index in [1.165, 1.54) is 0 Å². The first-order valence-electron chi connectivity index (χ1n) is 9.69. The van der Waals surface area contributed by atoms with Crippen LogP contribution in [-0.2, 0) is 22.6 Å². The van der Waals surface area contributed by atoms with Crippen LogP contribution in [0.1, 0.15) is 40.0 Å². The number of rotatable bonds is 6. The van der Waals surface area contributed by atoms with Crippen molar-refractivity contribution in [3.8, 4) is 0 Å². The lowest BCUT2D eigenvalue weighted by Crippen LogP contribution is -2.26. The summed E-state index contributed by atoms with van der Waals surface area (Å²) in [5.41, 5.74) is 4.40. The van der Waals surface area contributed by atoms with Gasteiger partial charge in [-0.2, -0.15) is 0 Å². The van der Waals surface area contributed by atoms with Crippen molar-refractivity contribution in [2.24, 2.45) is 0 Å². The summed E-state index contributed by atoms with van der Waals surface area (Å²) in [5, 5.41) is 2.98. The van der Waals surface area contributed by atoms with Crippen molar-refractivity contribution < 1.29 is 14.3 Å². The largest absolute Gasteiger partial charge is 0.381 e. The van der Waals surface area contributed by atoms with Gasteiger partial charge in [-0.15, -0.1) is 0 Å². The normalized spacial score (nSPS) is 15.0. The lowest BCUT2D eigenvalue weighted by Gasteiger charge is -2.22. The minimum atomic E-state index is -0.111. The van der Waals surface area contributed by atoms with E-state index in [2.05, 4.69) is 10.3 Å². The number of carbonyl (C=O) groups excluding carboxylic acids is 1. The molecule has 0 spiro atoms. The Morgan fingerprint density at radius 1 is 1.25 bits per heavy atom. The molecule has 1 fully saturated rings. The number of ether oxygens (including phenoxy) is 2. The van der Waals surface area contributed by atoms with Crippen LogP contribution in [0.2, 0.25) is 0 Å². The van der Waals surface area contributed by atoms with Crippen LogP contribution >= 0.6 is 0 Å². The Balaban J connectivity index is 1.40. The number of nitrogens with one attached hydrogen (secondary N) is 1. The van der Waals surface area contributed by atoms with E-state index >= 15 is 0 Å². The molecule has 1 aliphatic heterocycles. The molecule has 6 nitrogen and oxygen atoms in total. The maximum Gasteiger partial charge on any atom is 0.251 e. The van der Waals surface area contributed by atoms with Gasteiger partial charge >= 0.3 is 0 Å². The van der Waals surface area contributed by atoms with Gasteiger partial charge in [0.05, 0.1) is 24.9 Å². The lowest BCUT2D eigenvalue weighted by atomic mass is 10.1. The Labute approximate surface area is 164 Å². The number of hydrogen-bond donors (Lipinski definition) is 1. The van der Waals surface area contributed by atoms with E-state index in [4.69, 9.17) is 9.47 Å². The van der Waals surface area contributed by atoms with Gasteiger partial charge in [0, 0.05) is 31.2 Å². The molecule has 0 aliphatic carbocycles. The van der Waals surface area contributed by atoms with Crippen LogP contribution in [0.25, 0.3) is 5.65 Å². The van der Waals surface area contributed by atoms with Crippen molar-refractivity contribution in [3.63, 3.8) is 0 Å². The number of aryl methyl sites for hydroxylation is 1. The van der Waals surface area contributed by atoms with Crippen LogP contribution in [-0.4, -0.2) is 34.6 Å². The molecule has 1 amide bonds. The molecule has 1 N–H and O–H groups in total. The van der Waals surface area contributed by atoms with E-state index in [9.17, 15) is 4.79 Å². The average Bonchev–Trinajstić information content (AvgIpc) is 3.16. The van der Waals surface area contributed by atoms with E-state index in [-0.39, 0.29) is 12.0 Å². The molecule has 0 radical (unpaired) electrons. The van der Waals surface area contributed by atoms with E-state index < -0.39 is 0 Å². The maximum atomic E-state index is 12.8. The van der Waals surface area contributed by atoms with Crippen molar-refractivity contribution in [2.45, 2.75) is 39.0 Å². The molecular formula is C22H25N3O3. The zero-order valence-electron chi connectivity index (χ0n) is 16.1. The molecule has 28 heavy (non-hydrogen) atoms. The fraction of sp³-hybridized carbons (Fsp3) is 0.364. The van der Waals surface area contributed by atoms with E-state index in [0.29, 0.717) is 18.7 Å². The lowest BCUT2D eigenvalue weighted by molar-refractivity contribution is -0.0392. The molecule has 3 aromatic rings. The Bertz CT molecular complexity index is 961. The van der Waals surface area contributed by atoms with Gasteiger partial charge in [0.15, 0.2) is 0 Å². The molecule has 3 heterocycles. The van der Waals surface area contributed by atoms with Crippen molar-refractivity contribution in [1.82, 2.24) is 14.7 Å². The number of carbonyl (C=O) groups is 1. The number of hydrogen-bond acceptors (Lipinski definition) is 4. The zero-order chi connectivity index (χ0) is 19.3. The third-order valence-corrected chi connectivity index (χ3v) is 5.06. The Hall–Kier alpha value is -2.70. The summed E-state index contributed by atoms with van der Waals surface area (Å²) in [6.45, 7) is 4.33. The van der Waals surface area contributed by atoms with Crippen LogP contribution in [0.15, 0.2) is 48.8 Å². The second-order valence-electron chi connectivity index (χ2n) is 7.12. The van der Waals surface area contributed by atoms with E-state index in [0.717, 1.165) is 48.5 Å². The minimum Gasteiger partial charge on any atom is -0.381 e. The second kappa shape index (κ2) is 8.54. The predicted octanol–water partition coefficient (Wildman–Crippen LogP) is 3.27. The van der Waals surface area contributed by atoms with Crippen LogP contribution in [0.3, 0.4) is 0 Å². The van der Waals surface area contributed by atoms with Crippen molar-refractivity contribution >= 4 is 11.6 Å². The monoisotopic (exact) mass is 379 g/mol. The van der Waals surface area contributed by atoms with Crippen molar-refractivity contribution in [1.29, 1.82) is 0 Å². The predicted molar refractivity (Wildman–Crippen MR) is 106 cm³/mol. The number of fused-ring (bicyclic) bond motifs is 1. The SMILES string of the molecule is Cc1cccn2cc(CNC(=O)c3ccccc3COC3CCOCC3)nc12. The van der Waals surface area contributed by atoms with Crippen molar-refractivity contribution in [3.05, 3.63) is 71.2 Å². The van der Waals surface area contributed by atoms with Gasteiger partial charge in [-0.25, -0.2) is 4.98 Å². The van der Waals surface area contributed by atoms with Gasteiger partial charge in [-0.05, 0) is 43.0 Å². The summed E-state index contributed by atoms with van der Waals surface area (Å²) in [6.07, 6.45) is 5.92. The molecule has 0 atom stereocenters. The first-order valence-corrected chi connectivity index (χ1v) is 9.69. The minimum absolute atomic E-state index is 0.111. The number of nitrogens with zero attached hydrogens (tertiary/aromatic N) is 2. The number of imidazole rings is 1. The summed E-state index contributed by atoms with van der Waals surface area (Å²) in [6, 6.07) is 11.6. The maximum absolute atomic E-state index is 12.8. The van der Waals surface area contributed by atoms with E-state index in [1.807, 2.05) is 60.1 Å². The highest BCUT2D eigenvalue weighted by Crippen LogP contribution is 2.16. The molecule has 146 valence electrons. The Morgan fingerprint density at radius 2 is 2.07 bits per heavy atom. The highest BCUT2D eigenvalue weighted by atomic mass is 16.5. The fourth-order valence-electron chi connectivity index (χ4n) is 3.47. The molecule has 1 aromatic carbocycles.